The van der Waals surface area contributed by atoms with E-state index in [0.717, 1.165) is 5.69 Å². The van der Waals surface area contributed by atoms with Crippen LogP contribution in [0.2, 0.25) is 0 Å². The van der Waals surface area contributed by atoms with Gasteiger partial charge in [0.1, 0.15) is 0 Å². The monoisotopic (exact) mass is 387 g/mol. The Labute approximate surface area is 160 Å². The number of aromatic amines is 1. The second kappa shape index (κ2) is 8.26. The van der Waals surface area contributed by atoms with Crippen LogP contribution in [-0.2, 0) is 11.2 Å². The van der Waals surface area contributed by atoms with Gasteiger partial charge < -0.3 is 15.6 Å². The van der Waals surface area contributed by atoms with E-state index in [-0.39, 0.29) is 23.9 Å². The van der Waals surface area contributed by atoms with Gasteiger partial charge in [-0.3, -0.25) is 14.5 Å². The van der Waals surface area contributed by atoms with Crippen molar-refractivity contribution >= 4 is 35.1 Å². The number of carbonyl (C=O) groups is 2. The minimum Gasteiger partial charge on any atom is -0.336 e. The molecule has 3 amide bonds. The molecule has 0 spiro atoms. The number of aromatic nitrogens is 2. The van der Waals surface area contributed by atoms with Gasteiger partial charge in [-0.1, -0.05) is 11.8 Å². The molecule has 142 valence electrons. The molecule has 1 aromatic carbocycles. The van der Waals surface area contributed by atoms with Crippen LogP contribution in [0, 0.1) is 6.92 Å². The molecular formula is C18H21N5O3S. The number of amides is 3. The van der Waals surface area contributed by atoms with Crippen LogP contribution in [0.15, 0.2) is 34.2 Å². The Kier molecular flexibility index (Phi) is 5.80. The quantitative estimate of drug-likeness (QED) is 0.518. The summed E-state index contributed by atoms with van der Waals surface area (Å²) < 4.78 is 0. The van der Waals surface area contributed by atoms with Crippen molar-refractivity contribution < 1.29 is 9.59 Å². The number of anilines is 2. The Morgan fingerprint density at radius 1 is 1.30 bits per heavy atom. The van der Waals surface area contributed by atoms with Crippen LogP contribution in [-0.4, -0.2) is 41.3 Å². The zero-order valence-electron chi connectivity index (χ0n) is 15.2. The number of urea groups is 1. The molecule has 1 saturated heterocycles. The van der Waals surface area contributed by atoms with Crippen LogP contribution < -0.4 is 21.1 Å². The molecule has 3 N–H and O–H groups in total. The number of thioether (sulfide) groups is 1. The standard InChI is InChI=1S/C18H21N5O3S/c1-11-14(16(25)22-17(20-11)27-2)7-8-15(24)21-12-3-5-13(6-4-12)23-10-9-19-18(23)26/h3-6H,7-10H2,1-2H3,(H,19,26)(H,21,24)(H,20,22,25). The predicted octanol–water partition coefficient (Wildman–Crippen LogP) is 1.90. The van der Waals surface area contributed by atoms with Crippen molar-refractivity contribution in [2.75, 3.05) is 29.6 Å². The molecule has 27 heavy (non-hydrogen) atoms. The van der Waals surface area contributed by atoms with Crippen molar-refractivity contribution in [3.63, 3.8) is 0 Å². The summed E-state index contributed by atoms with van der Waals surface area (Å²) in [5, 5.41) is 6.12. The smallest absolute Gasteiger partial charge is 0.321 e. The van der Waals surface area contributed by atoms with Crippen molar-refractivity contribution in [1.29, 1.82) is 0 Å². The Morgan fingerprint density at radius 2 is 2.04 bits per heavy atom. The Balaban J connectivity index is 1.58. The molecule has 0 atom stereocenters. The summed E-state index contributed by atoms with van der Waals surface area (Å²) in [6, 6.07) is 6.98. The molecule has 0 saturated carbocycles. The predicted molar refractivity (Wildman–Crippen MR) is 106 cm³/mol. The number of carbonyl (C=O) groups excluding carboxylic acids is 2. The largest absolute Gasteiger partial charge is 0.336 e. The second-order valence-corrected chi connectivity index (χ2v) is 6.91. The van der Waals surface area contributed by atoms with E-state index >= 15 is 0 Å². The number of benzene rings is 1. The number of nitrogens with zero attached hydrogens (tertiary/aromatic N) is 2. The topological polar surface area (TPSA) is 107 Å². The molecule has 3 rings (SSSR count). The summed E-state index contributed by atoms with van der Waals surface area (Å²) >= 11 is 1.37. The Morgan fingerprint density at radius 3 is 2.63 bits per heavy atom. The number of rotatable bonds is 6. The van der Waals surface area contributed by atoms with Gasteiger partial charge in [0.15, 0.2) is 5.16 Å². The highest BCUT2D eigenvalue weighted by Crippen LogP contribution is 2.19. The molecule has 0 unspecified atom stereocenters. The minimum absolute atomic E-state index is 0.117. The van der Waals surface area contributed by atoms with Gasteiger partial charge in [0.25, 0.3) is 5.56 Å². The van der Waals surface area contributed by atoms with E-state index in [9.17, 15) is 14.4 Å². The van der Waals surface area contributed by atoms with Crippen molar-refractivity contribution in [1.82, 2.24) is 15.3 Å². The molecule has 1 fully saturated rings. The summed E-state index contributed by atoms with van der Waals surface area (Å²) in [6.45, 7) is 3.03. The average Bonchev–Trinajstić information content (AvgIpc) is 3.07. The lowest BCUT2D eigenvalue weighted by molar-refractivity contribution is -0.116. The van der Waals surface area contributed by atoms with Crippen LogP contribution in [0.4, 0.5) is 16.2 Å². The average molecular weight is 387 g/mol. The zero-order chi connectivity index (χ0) is 19.4. The molecule has 2 heterocycles. The van der Waals surface area contributed by atoms with Crippen LogP contribution in [0.1, 0.15) is 17.7 Å². The summed E-state index contributed by atoms with van der Waals surface area (Å²) in [5.41, 5.74) is 2.39. The van der Waals surface area contributed by atoms with E-state index in [4.69, 9.17) is 0 Å². The van der Waals surface area contributed by atoms with E-state index in [1.165, 1.54) is 11.8 Å². The van der Waals surface area contributed by atoms with Crippen molar-refractivity contribution in [2.45, 2.75) is 24.9 Å². The van der Waals surface area contributed by atoms with Gasteiger partial charge in [0.2, 0.25) is 5.91 Å². The minimum atomic E-state index is -0.201. The lowest BCUT2D eigenvalue weighted by atomic mass is 10.1. The fourth-order valence-electron chi connectivity index (χ4n) is 2.88. The zero-order valence-corrected chi connectivity index (χ0v) is 16.0. The Bertz CT molecular complexity index is 910. The Hall–Kier alpha value is -2.81. The van der Waals surface area contributed by atoms with Crippen molar-refractivity contribution in [2.24, 2.45) is 0 Å². The molecule has 2 aromatic rings. The van der Waals surface area contributed by atoms with E-state index in [1.54, 1.807) is 36.1 Å². The number of hydrogen-bond donors (Lipinski definition) is 3. The van der Waals surface area contributed by atoms with Crippen LogP contribution in [0.3, 0.4) is 0 Å². The van der Waals surface area contributed by atoms with E-state index in [1.807, 2.05) is 6.26 Å². The molecule has 0 bridgehead atoms. The van der Waals surface area contributed by atoms with Crippen LogP contribution in [0.5, 0.6) is 0 Å². The van der Waals surface area contributed by atoms with Crippen molar-refractivity contribution in [3.05, 3.63) is 45.9 Å². The highest BCUT2D eigenvalue weighted by molar-refractivity contribution is 7.98. The van der Waals surface area contributed by atoms with E-state index < -0.39 is 0 Å². The van der Waals surface area contributed by atoms with Crippen molar-refractivity contribution in [3.8, 4) is 0 Å². The van der Waals surface area contributed by atoms with Gasteiger partial charge in [0.05, 0.1) is 0 Å². The number of hydrogen-bond acceptors (Lipinski definition) is 5. The fourth-order valence-corrected chi connectivity index (χ4v) is 3.30. The fraction of sp³-hybridized carbons (Fsp3) is 0.333. The number of H-pyrrole nitrogens is 1. The van der Waals surface area contributed by atoms with Gasteiger partial charge in [-0.2, -0.15) is 0 Å². The first-order valence-corrected chi connectivity index (χ1v) is 9.79. The summed E-state index contributed by atoms with van der Waals surface area (Å²) in [6.07, 6.45) is 2.34. The van der Waals surface area contributed by atoms with Gasteiger partial charge in [0, 0.05) is 42.1 Å². The molecule has 9 heteroatoms. The van der Waals surface area contributed by atoms with Gasteiger partial charge in [-0.15, -0.1) is 0 Å². The molecule has 1 aromatic heterocycles. The van der Waals surface area contributed by atoms with E-state index in [2.05, 4.69) is 20.6 Å². The molecule has 8 nitrogen and oxygen atoms in total. The SMILES string of the molecule is CSc1nc(C)c(CCC(=O)Nc2ccc(N3CCNC3=O)cc2)c(=O)[nH]1. The molecule has 1 aliphatic heterocycles. The maximum absolute atomic E-state index is 12.2. The summed E-state index contributed by atoms with van der Waals surface area (Å²) in [5.74, 6) is -0.186. The lowest BCUT2D eigenvalue weighted by Gasteiger charge is -2.14. The van der Waals surface area contributed by atoms with Gasteiger partial charge in [-0.05, 0) is 43.9 Å². The maximum Gasteiger partial charge on any atom is 0.321 e. The molecular weight excluding hydrogens is 366 g/mol. The first-order valence-electron chi connectivity index (χ1n) is 8.57. The third-order valence-corrected chi connectivity index (χ3v) is 4.90. The third-order valence-electron chi connectivity index (χ3n) is 4.32. The third kappa shape index (κ3) is 4.48. The normalized spacial score (nSPS) is 13.6. The summed E-state index contributed by atoms with van der Waals surface area (Å²) in [7, 11) is 0. The van der Waals surface area contributed by atoms with Crippen LogP contribution >= 0.6 is 11.8 Å². The lowest BCUT2D eigenvalue weighted by Crippen LogP contribution is -2.27. The molecule has 1 aliphatic rings. The van der Waals surface area contributed by atoms with Gasteiger partial charge >= 0.3 is 6.03 Å². The van der Waals surface area contributed by atoms with Gasteiger partial charge in [-0.25, -0.2) is 9.78 Å². The van der Waals surface area contributed by atoms with Crippen LogP contribution in [0.25, 0.3) is 0 Å². The number of aryl methyl sites for hydroxylation is 1. The highest BCUT2D eigenvalue weighted by atomic mass is 32.2. The first-order chi connectivity index (χ1) is 13.0. The van der Waals surface area contributed by atoms with E-state index in [0.29, 0.717) is 41.6 Å². The molecule has 0 radical (unpaired) electrons. The second-order valence-electron chi connectivity index (χ2n) is 6.12. The number of nitrogens with one attached hydrogen (secondary N) is 3. The summed E-state index contributed by atoms with van der Waals surface area (Å²) in [4.78, 5) is 44.6. The highest BCUT2D eigenvalue weighted by Gasteiger charge is 2.20. The maximum atomic E-state index is 12.2. The molecule has 0 aliphatic carbocycles. The first kappa shape index (κ1) is 19.0.